The molecular weight excluding hydrogens is 356 g/mol. The molecule has 0 unspecified atom stereocenters. The second-order valence-electron chi connectivity index (χ2n) is 5.53. The first kappa shape index (κ1) is 19.5. The van der Waals surface area contributed by atoms with Crippen LogP contribution in [-0.4, -0.2) is 33.7 Å². The smallest absolute Gasteiger partial charge is 0.251 e. The maximum Gasteiger partial charge on any atom is 0.251 e. The van der Waals surface area contributed by atoms with Crippen LogP contribution >= 0.6 is 11.8 Å². The van der Waals surface area contributed by atoms with Crippen molar-refractivity contribution in [3.8, 4) is 0 Å². The van der Waals surface area contributed by atoms with E-state index in [-0.39, 0.29) is 10.8 Å². The van der Waals surface area contributed by atoms with Gasteiger partial charge in [-0.2, -0.15) is 11.8 Å². The fraction of sp³-hybridized carbons (Fsp3) is 0.278. The molecule has 0 aromatic heterocycles. The Labute approximate surface area is 153 Å². The topological polar surface area (TPSA) is 75.3 Å². The van der Waals surface area contributed by atoms with Gasteiger partial charge in [-0.05, 0) is 37.7 Å². The number of rotatable bonds is 8. The van der Waals surface area contributed by atoms with Gasteiger partial charge in [-0.3, -0.25) is 4.79 Å². The van der Waals surface area contributed by atoms with Crippen LogP contribution in [0.2, 0.25) is 0 Å². The molecule has 0 radical (unpaired) electrons. The average molecular weight is 379 g/mol. The number of hydrogen-bond acceptors (Lipinski definition) is 4. The SMILES string of the molecule is CNS(=O)(=O)c1cccc(C(=O)NCCSCc2ccc(C)cc2)c1. The average Bonchev–Trinajstić information content (AvgIpc) is 2.63. The van der Waals surface area contributed by atoms with Crippen LogP contribution in [0.3, 0.4) is 0 Å². The van der Waals surface area contributed by atoms with Crippen molar-refractivity contribution in [2.75, 3.05) is 19.3 Å². The van der Waals surface area contributed by atoms with Gasteiger partial charge in [-0.25, -0.2) is 13.1 Å². The number of carbonyl (C=O) groups excluding carboxylic acids is 1. The van der Waals surface area contributed by atoms with E-state index in [0.717, 1.165) is 11.5 Å². The van der Waals surface area contributed by atoms with E-state index in [0.29, 0.717) is 12.1 Å². The lowest BCUT2D eigenvalue weighted by Gasteiger charge is -2.07. The van der Waals surface area contributed by atoms with Crippen molar-refractivity contribution in [2.24, 2.45) is 0 Å². The van der Waals surface area contributed by atoms with E-state index in [1.54, 1.807) is 23.9 Å². The Balaban J connectivity index is 1.80. The van der Waals surface area contributed by atoms with Gasteiger partial charge < -0.3 is 5.32 Å². The predicted octanol–water partition coefficient (Wildman–Crippen LogP) is 2.57. The number of benzene rings is 2. The Bertz CT molecular complexity index is 818. The molecule has 0 bridgehead atoms. The van der Waals surface area contributed by atoms with Crippen LogP contribution in [0, 0.1) is 6.92 Å². The molecule has 0 saturated carbocycles. The van der Waals surface area contributed by atoms with Crippen LogP contribution in [0.25, 0.3) is 0 Å². The second-order valence-corrected chi connectivity index (χ2v) is 8.52. The molecule has 0 atom stereocenters. The predicted molar refractivity (Wildman–Crippen MR) is 102 cm³/mol. The van der Waals surface area contributed by atoms with E-state index in [2.05, 4.69) is 41.2 Å². The summed E-state index contributed by atoms with van der Waals surface area (Å²) in [4.78, 5) is 12.2. The van der Waals surface area contributed by atoms with E-state index in [1.807, 2.05) is 0 Å². The monoisotopic (exact) mass is 378 g/mol. The van der Waals surface area contributed by atoms with Crippen molar-refractivity contribution < 1.29 is 13.2 Å². The summed E-state index contributed by atoms with van der Waals surface area (Å²) in [6.45, 7) is 2.58. The van der Waals surface area contributed by atoms with Crippen LogP contribution in [-0.2, 0) is 15.8 Å². The first-order chi connectivity index (χ1) is 11.9. The third-order valence-corrected chi connectivity index (χ3v) is 6.04. The van der Waals surface area contributed by atoms with Gasteiger partial charge in [0.25, 0.3) is 5.91 Å². The van der Waals surface area contributed by atoms with Gasteiger partial charge in [0.2, 0.25) is 10.0 Å². The van der Waals surface area contributed by atoms with Gasteiger partial charge >= 0.3 is 0 Å². The molecule has 25 heavy (non-hydrogen) atoms. The van der Waals surface area contributed by atoms with Crippen LogP contribution in [0.4, 0.5) is 0 Å². The highest BCUT2D eigenvalue weighted by Crippen LogP contribution is 2.13. The van der Waals surface area contributed by atoms with Gasteiger partial charge in [0.1, 0.15) is 0 Å². The van der Waals surface area contributed by atoms with E-state index in [4.69, 9.17) is 0 Å². The Kier molecular flexibility index (Phi) is 7.04. The van der Waals surface area contributed by atoms with Gasteiger partial charge in [0.15, 0.2) is 0 Å². The van der Waals surface area contributed by atoms with E-state index in [1.165, 1.54) is 30.3 Å². The van der Waals surface area contributed by atoms with Crippen molar-refractivity contribution >= 4 is 27.7 Å². The van der Waals surface area contributed by atoms with Crippen molar-refractivity contribution in [2.45, 2.75) is 17.6 Å². The molecule has 7 heteroatoms. The number of hydrogen-bond donors (Lipinski definition) is 2. The fourth-order valence-electron chi connectivity index (χ4n) is 2.14. The maximum absolute atomic E-state index is 12.1. The first-order valence-electron chi connectivity index (χ1n) is 7.87. The largest absolute Gasteiger partial charge is 0.351 e. The summed E-state index contributed by atoms with van der Waals surface area (Å²) in [6, 6.07) is 14.4. The van der Waals surface area contributed by atoms with Crippen molar-refractivity contribution in [1.29, 1.82) is 0 Å². The molecular formula is C18H22N2O3S2. The molecule has 134 valence electrons. The Morgan fingerprint density at radius 3 is 2.52 bits per heavy atom. The highest BCUT2D eigenvalue weighted by molar-refractivity contribution is 7.98. The zero-order valence-electron chi connectivity index (χ0n) is 14.3. The minimum absolute atomic E-state index is 0.0800. The van der Waals surface area contributed by atoms with Crippen LogP contribution in [0.1, 0.15) is 21.5 Å². The van der Waals surface area contributed by atoms with E-state index < -0.39 is 10.0 Å². The normalized spacial score (nSPS) is 11.3. The molecule has 0 aliphatic carbocycles. The number of sulfonamides is 1. The molecule has 5 nitrogen and oxygen atoms in total. The molecule has 0 heterocycles. The lowest BCUT2D eigenvalue weighted by Crippen LogP contribution is -2.26. The number of carbonyl (C=O) groups is 1. The van der Waals surface area contributed by atoms with Gasteiger partial charge in [0, 0.05) is 23.6 Å². The summed E-state index contributed by atoms with van der Waals surface area (Å²) in [7, 11) is -2.21. The number of amides is 1. The van der Waals surface area contributed by atoms with Crippen molar-refractivity contribution in [3.05, 3.63) is 65.2 Å². The first-order valence-corrected chi connectivity index (χ1v) is 10.5. The summed E-state index contributed by atoms with van der Waals surface area (Å²) in [5.74, 6) is 1.41. The van der Waals surface area contributed by atoms with Crippen molar-refractivity contribution in [3.63, 3.8) is 0 Å². The fourth-order valence-corrected chi connectivity index (χ4v) is 3.73. The molecule has 0 spiro atoms. The number of thioether (sulfide) groups is 1. The van der Waals surface area contributed by atoms with E-state index in [9.17, 15) is 13.2 Å². The van der Waals surface area contributed by atoms with Gasteiger partial charge in [-0.1, -0.05) is 35.9 Å². The van der Waals surface area contributed by atoms with Gasteiger partial charge in [0.05, 0.1) is 4.90 Å². The zero-order chi connectivity index (χ0) is 18.3. The molecule has 2 aromatic rings. The summed E-state index contributed by atoms with van der Waals surface area (Å²) in [5.41, 5.74) is 2.83. The molecule has 0 saturated heterocycles. The summed E-state index contributed by atoms with van der Waals surface area (Å²) >= 11 is 1.74. The van der Waals surface area contributed by atoms with Crippen LogP contribution in [0.5, 0.6) is 0 Å². The maximum atomic E-state index is 12.1. The second kappa shape index (κ2) is 9.03. The highest BCUT2D eigenvalue weighted by Gasteiger charge is 2.13. The van der Waals surface area contributed by atoms with Crippen LogP contribution < -0.4 is 10.0 Å². The zero-order valence-corrected chi connectivity index (χ0v) is 15.9. The molecule has 2 N–H and O–H groups in total. The van der Waals surface area contributed by atoms with E-state index >= 15 is 0 Å². The standard InChI is InChI=1S/C18H22N2O3S2/c1-14-6-8-15(9-7-14)13-24-11-10-20-18(21)16-4-3-5-17(12-16)25(22,23)19-2/h3-9,12,19H,10-11,13H2,1-2H3,(H,20,21). The molecule has 0 fully saturated rings. The summed E-state index contributed by atoms with van der Waals surface area (Å²) in [6.07, 6.45) is 0. The summed E-state index contributed by atoms with van der Waals surface area (Å²) in [5, 5.41) is 2.82. The minimum atomic E-state index is -3.55. The van der Waals surface area contributed by atoms with Crippen molar-refractivity contribution in [1.82, 2.24) is 10.0 Å². The molecule has 0 aliphatic heterocycles. The Hall–Kier alpha value is -1.83. The van der Waals surface area contributed by atoms with Gasteiger partial charge in [-0.15, -0.1) is 0 Å². The highest BCUT2D eigenvalue weighted by atomic mass is 32.2. The lowest BCUT2D eigenvalue weighted by molar-refractivity contribution is 0.0956. The molecule has 0 aliphatic rings. The Morgan fingerprint density at radius 1 is 1.12 bits per heavy atom. The number of nitrogens with one attached hydrogen (secondary N) is 2. The Morgan fingerprint density at radius 2 is 1.84 bits per heavy atom. The quantitative estimate of drug-likeness (QED) is 0.692. The molecule has 2 rings (SSSR count). The molecule has 2 aromatic carbocycles. The lowest BCUT2D eigenvalue weighted by atomic mass is 10.2. The third kappa shape index (κ3) is 5.88. The minimum Gasteiger partial charge on any atom is -0.351 e. The third-order valence-electron chi connectivity index (χ3n) is 3.60. The summed E-state index contributed by atoms with van der Waals surface area (Å²) < 4.78 is 25.8. The number of aryl methyl sites for hydroxylation is 1. The molecule has 1 amide bonds. The van der Waals surface area contributed by atoms with Crippen LogP contribution in [0.15, 0.2) is 53.4 Å².